The predicted octanol–water partition coefficient (Wildman–Crippen LogP) is 1.96. The lowest BCUT2D eigenvalue weighted by Gasteiger charge is -2.05. The molecule has 6 nitrogen and oxygen atoms in total. The fourth-order valence-electron chi connectivity index (χ4n) is 1.65. The molecule has 0 aromatic carbocycles. The third-order valence-corrected chi connectivity index (χ3v) is 3.59. The SMILES string of the molecule is C/C(CC(=O)NCc1cccnc1)=N/NC(=O)c1cccs1. The van der Waals surface area contributed by atoms with Gasteiger partial charge in [-0.15, -0.1) is 11.3 Å². The molecule has 0 aliphatic carbocycles. The van der Waals surface area contributed by atoms with Crippen LogP contribution in [0, 0.1) is 0 Å². The molecular weight excluding hydrogens is 300 g/mol. The zero-order valence-corrected chi connectivity index (χ0v) is 12.9. The number of hydrazone groups is 1. The molecule has 0 aliphatic rings. The fourth-order valence-corrected chi connectivity index (χ4v) is 2.26. The van der Waals surface area contributed by atoms with Crippen LogP contribution in [0.5, 0.6) is 0 Å². The van der Waals surface area contributed by atoms with E-state index in [-0.39, 0.29) is 18.2 Å². The highest BCUT2D eigenvalue weighted by molar-refractivity contribution is 7.12. The van der Waals surface area contributed by atoms with E-state index in [2.05, 4.69) is 20.8 Å². The average molecular weight is 316 g/mol. The van der Waals surface area contributed by atoms with Gasteiger partial charge in [-0.25, -0.2) is 5.43 Å². The zero-order chi connectivity index (χ0) is 15.8. The van der Waals surface area contributed by atoms with Crippen LogP contribution in [0.4, 0.5) is 0 Å². The maximum atomic E-state index is 11.8. The van der Waals surface area contributed by atoms with Crippen molar-refractivity contribution in [2.24, 2.45) is 5.10 Å². The van der Waals surface area contributed by atoms with Crippen LogP contribution in [-0.2, 0) is 11.3 Å². The van der Waals surface area contributed by atoms with E-state index in [1.165, 1.54) is 11.3 Å². The summed E-state index contributed by atoms with van der Waals surface area (Å²) in [7, 11) is 0. The van der Waals surface area contributed by atoms with Crippen LogP contribution >= 0.6 is 11.3 Å². The highest BCUT2D eigenvalue weighted by Crippen LogP contribution is 2.07. The molecule has 0 atom stereocenters. The Morgan fingerprint density at radius 2 is 2.18 bits per heavy atom. The minimum Gasteiger partial charge on any atom is -0.352 e. The van der Waals surface area contributed by atoms with Gasteiger partial charge in [0.2, 0.25) is 5.91 Å². The Balaban J connectivity index is 1.76. The van der Waals surface area contributed by atoms with Gasteiger partial charge in [0.25, 0.3) is 5.91 Å². The van der Waals surface area contributed by atoms with Crippen LogP contribution in [0.15, 0.2) is 47.1 Å². The van der Waals surface area contributed by atoms with Gasteiger partial charge in [-0.2, -0.15) is 5.10 Å². The van der Waals surface area contributed by atoms with Crippen molar-refractivity contribution in [3.05, 3.63) is 52.5 Å². The molecule has 0 saturated heterocycles. The molecule has 2 aromatic rings. The molecule has 2 aromatic heterocycles. The van der Waals surface area contributed by atoms with Crippen LogP contribution in [0.25, 0.3) is 0 Å². The topological polar surface area (TPSA) is 83.4 Å². The summed E-state index contributed by atoms with van der Waals surface area (Å²) in [5.41, 5.74) is 3.90. The van der Waals surface area contributed by atoms with Crippen LogP contribution in [-0.4, -0.2) is 22.5 Å². The Hall–Kier alpha value is -2.54. The number of carbonyl (C=O) groups is 2. The summed E-state index contributed by atoms with van der Waals surface area (Å²) in [4.78, 5) is 28.0. The molecule has 0 spiro atoms. The molecule has 0 bridgehead atoms. The number of pyridine rings is 1. The van der Waals surface area contributed by atoms with E-state index < -0.39 is 0 Å². The lowest BCUT2D eigenvalue weighted by molar-refractivity contribution is -0.120. The van der Waals surface area contributed by atoms with Gasteiger partial charge in [0.15, 0.2) is 0 Å². The van der Waals surface area contributed by atoms with Crippen molar-refractivity contribution in [2.45, 2.75) is 19.9 Å². The minimum atomic E-state index is -0.273. The number of hydrogen-bond acceptors (Lipinski definition) is 5. The Labute approximate surface area is 132 Å². The number of thiophene rings is 1. The summed E-state index contributed by atoms with van der Waals surface area (Å²) in [5, 5.41) is 8.52. The quantitative estimate of drug-likeness (QED) is 0.631. The second-order valence-electron chi connectivity index (χ2n) is 4.58. The number of nitrogens with zero attached hydrogens (tertiary/aromatic N) is 2. The van der Waals surface area contributed by atoms with Crippen molar-refractivity contribution in [3.63, 3.8) is 0 Å². The summed E-state index contributed by atoms with van der Waals surface area (Å²) in [6, 6.07) is 7.21. The molecular formula is C15H16N4O2S. The predicted molar refractivity (Wildman–Crippen MR) is 85.6 cm³/mol. The highest BCUT2D eigenvalue weighted by Gasteiger charge is 2.07. The average Bonchev–Trinajstić information content (AvgIpc) is 3.06. The van der Waals surface area contributed by atoms with E-state index in [1.807, 2.05) is 17.5 Å². The van der Waals surface area contributed by atoms with Crippen molar-refractivity contribution in [1.29, 1.82) is 0 Å². The molecule has 0 unspecified atom stereocenters. The van der Waals surface area contributed by atoms with Gasteiger partial charge < -0.3 is 5.32 Å². The molecule has 7 heteroatoms. The second-order valence-corrected chi connectivity index (χ2v) is 5.53. The lowest BCUT2D eigenvalue weighted by atomic mass is 10.2. The smallest absolute Gasteiger partial charge is 0.281 e. The molecule has 2 amide bonds. The van der Waals surface area contributed by atoms with Gasteiger partial charge in [-0.3, -0.25) is 14.6 Å². The second kappa shape index (κ2) is 8.04. The zero-order valence-electron chi connectivity index (χ0n) is 12.1. The van der Waals surface area contributed by atoms with Crippen molar-refractivity contribution in [3.8, 4) is 0 Å². The molecule has 0 aliphatic heterocycles. The maximum absolute atomic E-state index is 11.8. The molecule has 2 heterocycles. The number of hydrogen-bond donors (Lipinski definition) is 2. The first-order valence-corrected chi connectivity index (χ1v) is 7.55. The molecule has 2 rings (SSSR count). The number of carbonyl (C=O) groups excluding carboxylic acids is 2. The molecule has 0 radical (unpaired) electrons. The Kier molecular flexibility index (Phi) is 5.79. The van der Waals surface area contributed by atoms with E-state index >= 15 is 0 Å². The highest BCUT2D eigenvalue weighted by atomic mass is 32.1. The number of aromatic nitrogens is 1. The number of nitrogens with one attached hydrogen (secondary N) is 2. The molecule has 22 heavy (non-hydrogen) atoms. The van der Waals surface area contributed by atoms with E-state index in [0.717, 1.165) is 5.56 Å². The molecule has 0 fully saturated rings. The van der Waals surface area contributed by atoms with E-state index in [9.17, 15) is 9.59 Å². The van der Waals surface area contributed by atoms with Crippen molar-refractivity contribution in [1.82, 2.24) is 15.7 Å². The summed E-state index contributed by atoms with van der Waals surface area (Å²) in [5.74, 6) is -0.430. The summed E-state index contributed by atoms with van der Waals surface area (Å²) < 4.78 is 0. The normalized spacial score (nSPS) is 11.0. The van der Waals surface area contributed by atoms with Crippen LogP contribution < -0.4 is 10.7 Å². The van der Waals surface area contributed by atoms with Crippen LogP contribution in [0.1, 0.15) is 28.6 Å². The van der Waals surface area contributed by atoms with Gasteiger partial charge in [0, 0.05) is 24.7 Å². The number of rotatable bonds is 6. The first-order chi connectivity index (χ1) is 10.6. The Morgan fingerprint density at radius 3 is 2.86 bits per heavy atom. The molecule has 0 saturated carbocycles. The van der Waals surface area contributed by atoms with Crippen LogP contribution in [0.2, 0.25) is 0 Å². The minimum absolute atomic E-state index is 0.130. The summed E-state index contributed by atoms with van der Waals surface area (Å²) in [6.45, 7) is 2.11. The Morgan fingerprint density at radius 1 is 1.32 bits per heavy atom. The summed E-state index contributed by atoms with van der Waals surface area (Å²) in [6.07, 6.45) is 3.51. The molecule has 2 N–H and O–H groups in total. The third-order valence-electron chi connectivity index (χ3n) is 2.72. The van der Waals surface area contributed by atoms with Gasteiger partial charge in [0.1, 0.15) is 0 Å². The van der Waals surface area contributed by atoms with E-state index in [0.29, 0.717) is 17.1 Å². The van der Waals surface area contributed by atoms with Crippen molar-refractivity contribution in [2.75, 3.05) is 0 Å². The lowest BCUT2D eigenvalue weighted by Crippen LogP contribution is -2.26. The first kappa shape index (κ1) is 15.8. The van der Waals surface area contributed by atoms with Gasteiger partial charge in [-0.05, 0) is 30.0 Å². The number of amides is 2. The van der Waals surface area contributed by atoms with E-state index in [4.69, 9.17) is 0 Å². The van der Waals surface area contributed by atoms with Crippen molar-refractivity contribution < 1.29 is 9.59 Å². The first-order valence-electron chi connectivity index (χ1n) is 6.68. The van der Waals surface area contributed by atoms with Gasteiger partial charge in [0.05, 0.1) is 11.3 Å². The fraction of sp³-hybridized carbons (Fsp3) is 0.200. The van der Waals surface area contributed by atoms with Gasteiger partial charge in [-0.1, -0.05) is 12.1 Å². The monoisotopic (exact) mass is 316 g/mol. The van der Waals surface area contributed by atoms with Crippen LogP contribution in [0.3, 0.4) is 0 Å². The standard InChI is InChI=1S/C15H16N4O2S/c1-11(18-19-15(21)13-5-3-7-22-13)8-14(20)17-10-12-4-2-6-16-9-12/h2-7,9H,8,10H2,1H3,(H,17,20)(H,19,21)/b18-11-. The molecule has 114 valence electrons. The largest absolute Gasteiger partial charge is 0.352 e. The maximum Gasteiger partial charge on any atom is 0.281 e. The third kappa shape index (κ3) is 5.10. The Bertz CT molecular complexity index is 653. The van der Waals surface area contributed by atoms with Crippen molar-refractivity contribution >= 4 is 28.9 Å². The van der Waals surface area contributed by atoms with E-state index in [1.54, 1.807) is 31.5 Å². The summed E-state index contributed by atoms with van der Waals surface area (Å²) >= 11 is 1.34. The van der Waals surface area contributed by atoms with Gasteiger partial charge >= 0.3 is 0 Å².